The van der Waals surface area contributed by atoms with Crippen molar-refractivity contribution < 1.29 is 19.1 Å². The molecule has 3 aromatic rings. The first-order chi connectivity index (χ1) is 19.2. The monoisotopic (exact) mass is 718 g/mol. The number of methoxy groups -OCH3 is 1. The van der Waals surface area contributed by atoms with Crippen LogP contribution < -0.4 is 4.74 Å². The summed E-state index contributed by atoms with van der Waals surface area (Å²) in [5, 5.41) is 1.12. The number of fused-ring (bicyclic) bond motifs is 1. The molecule has 0 saturated carbocycles. The first-order valence-electron chi connectivity index (χ1n) is 12.6. The molecule has 40 heavy (non-hydrogen) atoms. The van der Waals surface area contributed by atoms with Crippen LogP contribution >= 0.6 is 57.4 Å². The lowest BCUT2D eigenvalue weighted by atomic mass is 9.91. The van der Waals surface area contributed by atoms with Gasteiger partial charge in [0.05, 0.1) is 35.3 Å². The number of amides is 1. The highest BCUT2D eigenvalue weighted by molar-refractivity contribution is 14.1. The molecule has 12 heteroatoms. The molecule has 0 aliphatic carbocycles. The minimum Gasteiger partial charge on any atom is -0.489 e. The Morgan fingerprint density at radius 1 is 1.18 bits per heavy atom. The average Bonchev–Trinajstić information content (AvgIpc) is 3.48. The van der Waals surface area contributed by atoms with Gasteiger partial charge in [0.25, 0.3) is 0 Å². The number of carbonyl (C=O) groups excluding carboxylic acids is 2. The number of aromatic nitrogens is 2. The van der Waals surface area contributed by atoms with Gasteiger partial charge in [-0.2, -0.15) is 0 Å². The molecule has 1 aliphatic heterocycles. The molecular formula is C28H30Cl3IN4O4. The highest BCUT2D eigenvalue weighted by atomic mass is 127. The standard InChI is InChI=1S/C15H16Cl3N3O2.C13H14INO2/c1-2-4-20(15(22)21-5-3-19-10-21)6-7-23-14-12(17)8-11(16)9-13(14)18;1-8(13(16)17-2)12-10-4-3-5-11(14)9(10)6-7-15-12/h3,5,8-10H,2,4,6-7H2,1H3;3-5,8H,6-7H2,1-2H3. The summed E-state index contributed by atoms with van der Waals surface area (Å²) < 4.78 is 13.1. The molecule has 0 saturated heterocycles. The largest absolute Gasteiger partial charge is 0.489 e. The van der Waals surface area contributed by atoms with Crippen molar-refractivity contribution in [3.63, 3.8) is 0 Å². The van der Waals surface area contributed by atoms with Crippen molar-refractivity contribution in [2.75, 3.05) is 33.4 Å². The maximum absolute atomic E-state index is 12.3. The SMILES string of the molecule is CCCN(CCOc1c(Cl)cc(Cl)cc1Cl)C(=O)n1ccnc1.COC(=O)C(C)C1=NCCc2c(I)cccc21. The van der Waals surface area contributed by atoms with Crippen LogP contribution in [-0.2, 0) is 16.0 Å². The van der Waals surface area contributed by atoms with E-state index in [1.807, 2.05) is 26.0 Å². The number of ether oxygens (including phenoxy) is 2. The molecule has 1 aliphatic rings. The van der Waals surface area contributed by atoms with Crippen LogP contribution in [0.2, 0.25) is 15.1 Å². The second-order valence-corrected chi connectivity index (χ2v) is 11.2. The molecule has 1 atom stereocenters. The van der Waals surface area contributed by atoms with Crippen molar-refractivity contribution in [2.24, 2.45) is 10.9 Å². The van der Waals surface area contributed by atoms with Gasteiger partial charge in [0.15, 0.2) is 5.75 Å². The second-order valence-electron chi connectivity index (χ2n) is 8.81. The van der Waals surface area contributed by atoms with Gasteiger partial charge < -0.3 is 14.4 Å². The number of benzene rings is 2. The van der Waals surface area contributed by atoms with Crippen LogP contribution in [0.15, 0.2) is 54.0 Å². The average molecular weight is 720 g/mol. The van der Waals surface area contributed by atoms with Gasteiger partial charge in [-0.15, -0.1) is 0 Å². The summed E-state index contributed by atoms with van der Waals surface area (Å²) in [6.45, 7) is 5.88. The topological polar surface area (TPSA) is 86.0 Å². The van der Waals surface area contributed by atoms with E-state index < -0.39 is 0 Å². The van der Waals surface area contributed by atoms with Gasteiger partial charge in [0, 0.05) is 39.6 Å². The molecule has 0 bridgehead atoms. The fraction of sp³-hybridized carbons (Fsp3) is 0.357. The van der Waals surface area contributed by atoms with Gasteiger partial charge in [-0.05, 0) is 66.1 Å². The second kappa shape index (κ2) is 15.6. The Bertz CT molecular complexity index is 1330. The fourth-order valence-corrected chi connectivity index (χ4v) is 5.81. The summed E-state index contributed by atoms with van der Waals surface area (Å²) in [5.41, 5.74) is 3.26. The zero-order chi connectivity index (χ0) is 29.2. The van der Waals surface area contributed by atoms with E-state index in [2.05, 4.69) is 38.6 Å². The van der Waals surface area contributed by atoms with E-state index in [1.165, 1.54) is 27.1 Å². The van der Waals surface area contributed by atoms with E-state index in [0.717, 1.165) is 30.7 Å². The number of nitrogens with zero attached hydrogens (tertiary/aromatic N) is 4. The van der Waals surface area contributed by atoms with Crippen LogP contribution in [0.25, 0.3) is 0 Å². The molecule has 2 aromatic carbocycles. The number of hydrogen-bond donors (Lipinski definition) is 0. The molecule has 0 spiro atoms. The Balaban J connectivity index is 0.000000230. The number of hydrogen-bond acceptors (Lipinski definition) is 6. The van der Waals surface area contributed by atoms with Gasteiger partial charge in [-0.25, -0.2) is 9.78 Å². The number of esters is 1. The van der Waals surface area contributed by atoms with Crippen LogP contribution in [0.5, 0.6) is 5.75 Å². The smallest absolute Gasteiger partial charge is 0.329 e. The van der Waals surface area contributed by atoms with Crippen molar-refractivity contribution in [2.45, 2.75) is 26.7 Å². The van der Waals surface area contributed by atoms with Crippen molar-refractivity contribution in [3.8, 4) is 5.75 Å². The fourth-order valence-electron chi connectivity index (χ4n) is 4.12. The van der Waals surface area contributed by atoms with Crippen LogP contribution in [0, 0.1) is 9.49 Å². The van der Waals surface area contributed by atoms with Crippen LogP contribution in [0.4, 0.5) is 4.79 Å². The lowest BCUT2D eigenvalue weighted by Crippen LogP contribution is -2.37. The van der Waals surface area contributed by atoms with Gasteiger partial charge in [-0.1, -0.05) is 53.9 Å². The Kier molecular flexibility index (Phi) is 12.6. The number of aliphatic imine (C=N–C) groups is 1. The molecule has 1 unspecified atom stereocenters. The third-order valence-corrected chi connectivity index (χ3v) is 7.85. The van der Waals surface area contributed by atoms with Gasteiger partial charge in [0.1, 0.15) is 12.9 Å². The molecule has 4 rings (SSSR count). The van der Waals surface area contributed by atoms with E-state index in [-0.39, 0.29) is 24.5 Å². The molecule has 1 aromatic heterocycles. The first kappa shape index (κ1) is 32.2. The minimum absolute atomic E-state index is 0.152. The third-order valence-electron chi connectivity index (χ3n) is 6.06. The van der Waals surface area contributed by atoms with E-state index in [9.17, 15) is 9.59 Å². The number of carbonyl (C=O) groups is 2. The molecular weight excluding hydrogens is 690 g/mol. The summed E-state index contributed by atoms with van der Waals surface area (Å²) in [4.78, 5) is 34.0. The first-order valence-corrected chi connectivity index (χ1v) is 14.8. The minimum atomic E-state index is -0.294. The Morgan fingerprint density at radius 3 is 2.52 bits per heavy atom. The number of imidazole rings is 1. The molecule has 0 fully saturated rings. The zero-order valence-corrected chi connectivity index (χ0v) is 26.8. The third kappa shape index (κ3) is 8.34. The van der Waals surface area contributed by atoms with Gasteiger partial charge >= 0.3 is 12.0 Å². The number of halogens is 4. The molecule has 8 nitrogen and oxygen atoms in total. The Morgan fingerprint density at radius 2 is 1.90 bits per heavy atom. The predicted octanol–water partition coefficient (Wildman–Crippen LogP) is 7.05. The maximum atomic E-state index is 12.3. The van der Waals surface area contributed by atoms with Crippen LogP contribution in [0.1, 0.15) is 31.4 Å². The van der Waals surface area contributed by atoms with Crippen LogP contribution in [0.3, 0.4) is 0 Å². The lowest BCUT2D eigenvalue weighted by Gasteiger charge is -2.22. The Labute approximate surface area is 262 Å². The van der Waals surface area contributed by atoms with Crippen molar-refractivity contribution in [3.05, 3.63) is 78.8 Å². The normalized spacial score (nSPS) is 12.8. The van der Waals surface area contributed by atoms with E-state index >= 15 is 0 Å². The zero-order valence-electron chi connectivity index (χ0n) is 22.4. The Hall–Kier alpha value is -2.34. The predicted molar refractivity (Wildman–Crippen MR) is 167 cm³/mol. The van der Waals surface area contributed by atoms with Gasteiger partial charge in [-0.3, -0.25) is 14.4 Å². The van der Waals surface area contributed by atoms with Crippen molar-refractivity contribution >= 4 is 75.1 Å². The molecule has 0 radical (unpaired) electrons. The van der Waals surface area contributed by atoms with Crippen molar-refractivity contribution in [1.29, 1.82) is 0 Å². The summed E-state index contributed by atoms with van der Waals surface area (Å²) in [5.74, 6) is -0.156. The van der Waals surface area contributed by atoms with E-state index in [0.29, 0.717) is 33.9 Å². The quantitative estimate of drug-likeness (QED) is 0.184. The maximum Gasteiger partial charge on any atom is 0.329 e. The van der Waals surface area contributed by atoms with E-state index in [4.69, 9.17) is 44.3 Å². The molecule has 1 amide bonds. The summed E-state index contributed by atoms with van der Waals surface area (Å²) in [6.07, 6.45) is 6.43. The summed E-state index contributed by atoms with van der Waals surface area (Å²) >= 11 is 20.3. The van der Waals surface area contributed by atoms with Gasteiger partial charge in [0.2, 0.25) is 0 Å². The highest BCUT2D eigenvalue weighted by Gasteiger charge is 2.26. The highest BCUT2D eigenvalue weighted by Crippen LogP contribution is 2.35. The molecule has 2 heterocycles. The summed E-state index contributed by atoms with van der Waals surface area (Å²) in [6, 6.07) is 9.10. The molecule has 214 valence electrons. The molecule has 0 N–H and O–H groups in total. The van der Waals surface area contributed by atoms with Crippen molar-refractivity contribution in [1.82, 2.24) is 14.5 Å². The van der Waals surface area contributed by atoms with E-state index in [1.54, 1.807) is 29.4 Å². The van der Waals surface area contributed by atoms with Crippen LogP contribution in [-0.4, -0.2) is 65.5 Å². The lowest BCUT2D eigenvalue weighted by molar-refractivity contribution is -0.142. The summed E-state index contributed by atoms with van der Waals surface area (Å²) in [7, 11) is 1.41. The number of rotatable bonds is 8.